The number of alkyl halides is 3. The molecule has 0 radical (unpaired) electrons. The number of amides is 1. The Kier molecular flexibility index (Phi) is 5.18. The molecule has 2 aromatic rings. The Morgan fingerprint density at radius 3 is 2.62 bits per heavy atom. The second-order valence-electron chi connectivity index (χ2n) is 4.85. The molecule has 0 bridgehead atoms. The van der Waals surface area contributed by atoms with Crippen LogP contribution in [0.3, 0.4) is 0 Å². The van der Waals surface area contributed by atoms with E-state index in [0.717, 1.165) is 0 Å². The van der Waals surface area contributed by atoms with Gasteiger partial charge in [0.1, 0.15) is 5.56 Å². The van der Waals surface area contributed by atoms with Gasteiger partial charge in [-0.05, 0) is 31.2 Å². The van der Waals surface area contributed by atoms with Crippen LogP contribution in [-0.4, -0.2) is 29.5 Å². The molecule has 2 rings (SSSR count). The number of pyridine rings is 1. The van der Waals surface area contributed by atoms with Crippen molar-refractivity contribution in [2.24, 2.45) is 0 Å². The Morgan fingerprint density at radius 1 is 1.21 bits per heavy atom. The van der Waals surface area contributed by atoms with Crippen LogP contribution in [0, 0.1) is 0 Å². The molecule has 1 heterocycles. The first-order valence-corrected chi connectivity index (χ1v) is 6.83. The summed E-state index contributed by atoms with van der Waals surface area (Å²) in [5, 5.41) is 2.50. The summed E-state index contributed by atoms with van der Waals surface area (Å²) in [6.07, 6.45) is -3.32. The molecule has 1 aromatic carbocycles. The maximum absolute atomic E-state index is 12.3. The lowest BCUT2D eigenvalue weighted by Gasteiger charge is -2.12. The molecule has 0 aliphatic rings. The average molecular weight is 338 g/mol. The van der Waals surface area contributed by atoms with Crippen LogP contribution in [0.1, 0.15) is 27.6 Å². The van der Waals surface area contributed by atoms with Crippen LogP contribution in [0.25, 0.3) is 0 Å². The van der Waals surface area contributed by atoms with Gasteiger partial charge in [0, 0.05) is 17.4 Å². The number of nitrogens with zero attached hydrogens (tertiary/aromatic N) is 1. The van der Waals surface area contributed by atoms with Crippen LogP contribution in [0.2, 0.25) is 0 Å². The SMILES string of the molecule is CC(=O)c1cccc(NC(=O)c2cccnc2OCC(F)(F)F)c1. The zero-order chi connectivity index (χ0) is 17.7. The molecule has 0 saturated heterocycles. The summed E-state index contributed by atoms with van der Waals surface area (Å²) in [5.74, 6) is -1.29. The number of rotatable bonds is 5. The molecule has 0 spiro atoms. The van der Waals surface area contributed by atoms with Crippen molar-refractivity contribution >= 4 is 17.4 Å². The van der Waals surface area contributed by atoms with Crippen LogP contribution in [0.5, 0.6) is 5.88 Å². The lowest BCUT2D eigenvalue weighted by molar-refractivity contribution is -0.154. The Bertz CT molecular complexity index is 760. The smallest absolute Gasteiger partial charge is 0.422 e. The Morgan fingerprint density at radius 2 is 1.96 bits per heavy atom. The number of ketones is 1. The molecule has 8 heteroatoms. The van der Waals surface area contributed by atoms with Crippen molar-refractivity contribution in [2.45, 2.75) is 13.1 Å². The molecule has 1 N–H and O–H groups in total. The number of anilines is 1. The molecule has 5 nitrogen and oxygen atoms in total. The summed E-state index contributed by atoms with van der Waals surface area (Å²) in [7, 11) is 0. The summed E-state index contributed by atoms with van der Waals surface area (Å²) < 4.78 is 41.3. The number of carbonyl (C=O) groups is 2. The number of ether oxygens (including phenoxy) is 1. The predicted octanol–water partition coefficient (Wildman–Crippen LogP) is 3.48. The van der Waals surface area contributed by atoms with E-state index in [-0.39, 0.29) is 11.3 Å². The summed E-state index contributed by atoms with van der Waals surface area (Å²) in [6.45, 7) is -0.171. The number of aromatic nitrogens is 1. The van der Waals surface area contributed by atoms with E-state index in [1.807, 2.05) is 0 Å². The molecule has 0 atom stereocenters. The zero-order valence-electron chi connectivity index (χ0n) is 12.6. The van der Waals surface area contributed by atoms with Gasteiger partial charge in [-0.1, -0.05) is 12.1 Å². The van der Waals surface area contributed by atoms with E-state index in [1.165, 1.54) is 31.3 Å². The van der Waals surface area contributed by atoms with Crippen molar-refractivity contribution in [3.05, 3.63) is 53.7 Å². The minimum absolute atomic E-state index is 0.144. The quantitative estimate of drug-likeness (QED) is 0.848. The fourth-order valence-electron chi connectivity index (χ4n) is 1.84. The van der Waals surface area contributed by atoms with Crippen molar-refractivity contribution in [1.29, 1.82) is 0 Å². The van der Waals surface area contributed by atoms with Gasteiger partial charge >= 0.3 is 6.18 Å². The number of hydrogen-bond acceptors (Lipinski definition) is 4. The first-order valence-electron chi connectivity index (χ1n) is 6.83. The van der Waals surface area contributed by atoms with Crippen molar-refractivity contribution in [2.75, 3.05) is 11.9 Å². The second-order valence-corrected chi connectivity index (χ2v) is 4.85. The van der Waals surface area contributed by atoms with Gasteiger partial charge in [-0.15, -0.1) is 0 Å². The summed E-state index contributed by atoms with van der Waals surface area (Å²) in [5.41, 5.74) is 0.584. The molecule has 0 unspecified atom stereocenters. The largest absolute Gasteiger partial charge is 0.467 e. The second kappa shape index (κ2) is 7.12. The average Bonchev–Trinajstić information content (AvgIpc) is 2.52. The molecule has 0 fully saturated rings. The fourth-order valence-corrected chi connectivity index (χ4v) is 1.84. The van der Waals surface area contributed by atoms with Gasteiger partial charge in [0.15, 0.2) is 12.4 Å². The molecule has 1 aromatic heterocycles. The first kappa shape index (κ1) is 17.5. The number of halogens is 3. The molecule has 126 valence electrons. The molecule has 24 heavy (non-hydrogen) atoms. The van der Waals surface area contributed by atoms with Crippen LogP contribution >= 0.6 is 0 Å². The van der Waals surface area contributed by atoms with Crippen LogP contribution < -0.4 is 10.1 Å². The molecule has 0 aliphatic heterocycles. The Balaban J connectivity index is 2.18. The highest BCUT2D eigenvalue weighted by Crippen LogP contribution is 2.21. The lowest BCUT2D eigenvalue weighted by atomic mass is 10.1. The minimum Gasteiger partial charge on any atom is -0.467 e. The normalized spacial score (nSPS) is 11.0. The third-order valence-electron chi connectivity index (χ3n) is 2.92. The summed E-state index contributed by atoms with van der Waals surface area (Å²) >= 11 is 0. The summed E-state index contributed by atoms with van der Waals surface area (Å²) in [6, 6.07) is 8.88. The van der Waals surface area contributed by atoms with E-state index in [0.29, 0.717) is 11.3 Å². The third kappa shape index (κ3) is 4.80. The minimum atomic E-state index is -4.54. The van der Waals surface area contributed by atoms with Gasteiger partial charge in [0.25, 0.3) is 5.91 Å². The van der Waals surface area contributed by atoms with Gasteiger partial charge in [0.05, 0.1) is 0 Å². The number of hydrogen-bond donors (Lipinski definition) is 1. The predicted molar refractivity (Wildman–Crippen MR) is 80.2 cm³/mol. The standard InChI is InChI=1S/C16H13F3N2O3/c1-10(22)11-4-2-5-12(8-11)21-14(23)13-6-3-7-20-15(13)24-9-16(17,18)19/h2-8H,9H2,1H3,(H,21,23). The van der Waals surface area contributed by atoms with Gasteiger partial charge in [0.2, 0.25) is 5.88 Å². The molecule has 0 saturated carbocycles. The fraction of sp³-hybridized carbons (Fsp3) is 0.188. The van der Waals surface area contributed by atoms with Gasteiger partial charge in [-0.3, -0.25) is 9.59 Å². The number of carbonyl (C=O) groups excluding carboxylic acids is 2. The van der Waals surface area contributed by atoms with Crippen LogP contribution in [0.15, 0.2) is 42.6 Å². The molecular weight excluding hydrogens is 325 g/mol. The van der Waals surface area contributed by atoms with Crippen molar-refractivity contribution < 1.29 is 27.5 Å². The molecule has 1 amide bonds. The lowest BCUT2D eigenvalue weighted by Crippen LogP contribution is -2.22. The highest BCUT2D eigenvalue weighted by Gasteiger charge is 2.29. The van der Waals surface area contributed by atoms with Crippen molar-refractivity contribution in [1.82, 2.24) is 4.98 Å². The number of Topliss-reactive ketones (excluding diaryl/α,β-unsaturated/α-hetero) is 1. The number of benzene rings is 1. The first-order chi connectivity index (χ1) is 11.3. The maximum Gasteiger partial charge on any atom is 0.422 e. The highest BCUT2D eigenvalue weighted by atomic mass is 19.4. The zero-order valence-corrected chi connectivity index (χ0v) is 12.6. The van der Waals surface area contributed by atoms with Crippen LogP contribution in [0.4, 0.5) is 18.9 Å². The van der Waals surface area contributed by atoms with E-state index in [9.17, 15) is 22.8 Å². The van der Waals surface area contributed by atoms with E-state index >= 15 is 0 Å². The van der Waals surface area contributed by atoms with E-state index in [1.54, 1.807) is 18.2 Å². The summed E-state index contributed by atoms with van der Waals surface area (Å²) in [4.78, 5) is 27.2. The highest BCUT2D eigenvalue weighted by molar-refractivity contribution is 6.06. The monoisotopic (exact) mass is 338 g/mol. The topological polar surface area (TPSA) is 68.3 Å². The maximum atomic E-state index is 12.3. The van der Waals surface area contributed by atoms with E-state index in [4.69, 9.17) is 0 Å². The third-order valence-corrected chi connectivity index (χ3v) is 2.92. The van der Waals surface area contributed by atoms with E-state index < -0.39 is 24.6 Å². The van der Waals surface area contributed by atoms with E-state index in [2.05, 4.69) is 15.0 Å². The molecular formula is C16H13F3N2O3. The van der Waals surface area contributed by atoms with Crippen molar-refractivity contribution in [3.8, 4) is 5.88 Å². The van der Waals surface area contributed by atoms with Gasteiger partial charge < -0.3 is 10.1 Å². The van der Waals surface area contributed by atoms with Crippen LogP contribution in [-0.2, 0) is 0 Å². The Labute approximate surface area is 135 Å². The number of nitrogens with one attached hydrogen (secondary N) is 1. The molecule has 0 aliphatic carbocycles. The van der Waals surface area contributed by atoms with Gasteiger partial charge in [-0.2, -0.15) is 13.2 Å². The van der Waals surface area contributed by atoms with Gasteiger partial charge in [-0.25, -0.2) is 4.98 Å². The Hall–Kier alpha value is -2.90. The van der Waals surface area contributed by atoms with Crippen molar-refractivity contribution in [3.63, 3.8) is 0 Å².